The summed E-state index contributed by atoms with van der Waals surface area (Å²) in [6.07, 6.45) is 0. The number of carbonyl (C=O) groups excluding carboxylic acids is 1. The van der Waals surface area contributed by atoms with E-state index < -0.39 is 0 Å². The summed E-state index contributed by atoms with van der Waals surface area (Å²) in [6, 6.07) is 0. The first kappa shape index (κ1) is 9.26. The van der Waals surface area contributed by atoms with Gasteiger partial charge in [-0.15, -0.1) is 11.8 Å². The molecular weight excluding hydrogens is 180 g/mol. The zero-order valence-corrected chi connectivity index (χ0v) is 8.17. The molecule has 0 radical (unpaired) electrons. The number of carbonyl (C=O) groups is 1. The molecule has 1 saturated heterocycles. The molecule has 1 aliphatic heterocycles. The lowest BCUT2D eigenvalue weighted by atomic mass is 10.5. The van der Waals surface area contributed by atoms with E-state index in [1.165, 1.54) is 5.75 Å². The van der Waals surface area contributed by atoms with Crippen molar-refractivity contribution in [3.63, 3.8) is 0 Å². The van der Waals surface area contributed by atoms with E-state index in [0.717, 1.165) is 11.5 Å². The molecule has 0 aliphatic carbocycles. The summed E-state index contributed by atoms with van der Waals surface area (Å²) in [7, 11) is 0. The smallest absolute Gasteiger partial charge is 0.319 e. The Hall–Kier alpha value is 0.170. The number of ether oxygens (including phenoxy) is 1. The molecule has 1 rings (SSSR count). The van der Waals surface area contributed by atoms with Crippen molar-refractivity contribution in [3.8, 4) is 0 Å². The van der Waals surface area contributed by atoms with Gasteiger partial charge >= 0.3 is 5.97 Å². The zero-order chi connectivity index (χ0) is 8.10. The van der Waals surface area contributed by atoms with Crippen LogP contribution in [0.4, 0.5) is 0 Å². The molecule has 0 bridgehead atoms. The summed E-state index contributed by atoms with van der Waals surface area (Å²) in [6.45, 7) is 2.35. The molecule has 0 saturated carbocycles. The second-order valence-corrected chi connectivity index (χ2v) is 4.65. The topological polar surface area (TPSA) is 26.3 Å². The Balaban J connectivity index is 2.27. The molecule has 0 N–H and O–H groups in total. The van der Waals surface area contributed by atoms with Crippen LogP contribution in [0.5, 0.6) is 0 Å². The minimum atomic E-state index is -0.0373. The Labute approximate surface area is 75.4 Å². The van der Waals surface area contributed by atoms with Gasteiger partial charge < -0.3 is 4.74 Å². The highest BCUT2D eigenvalue weighted by Gasteiger charge is 2.22. The van der Waals surface area contributed by atoms with Crippen molar-refractivity contribution in [2.24, 2.45) is 0 Å². The Kier molecular flexibility index (Phi) is 4.15. The maximum absolute atomic E-state index is 11.1. The quantitative estimate of drug-likeness (QED) is 0.618. The summed E-state index contributed by atoms with van der Waals surface area (Å²) >= 11 is 3.55. The third-order valence-corrected chi connectivity index (χ3v) is 4.10. The van der Waals surface area contributed by atoms with Gasteiger partial charge in [0.1, 0.15) is 5.25 Å². The molecule has 0 aromatic carbocycles. The van der Waals surface area contributed by atoms with Gasteiger partial charge in [0.2, 0.25) is 0 Å². The van der Waals surface area contributed by atoms with E-state index in [0.29, 0.717) is 6.61 Å². The normalized spacial score (nSPS) is 24.6. The van der Waals surface area contributed by atoms with Crippen molar-refractivity contribution in [2.45, 2.75) is 12.2 Å². The maximum Gasteiger partial charge on any atom is 0.319 e. The fraction of sp³-hybridized carbons (Fsp3) is 0.857. The minimum Gasteiger partial charge on any atom is -0.465 e. The van der Waals surface area contributed by atoms with Crippen molar-refractivity contribution < 1.29 is 9.53 Å². The molecule has 4 heteroatoms. The summed E-state index contributed by atoms with van der Waals surface area (Å²) in [5.41, 5.74) is 0. The maximum atomic E-state index is 11.1. The van der Waals surface area contributed by atoms with E-state index in [9.17, 15) is 4.79 Å². The van der Waals surface area contributed by atoms with Crippen LogP contribution >= 0.6 is 23.5 Å². The number of hydrogen-bond donors (Lipinski definition) is 0. The van der Waals surface area contributed by atoms with Crippen LogP contribution in [0.25, 0.3) is 0 Å². The van der Waals surface area contributed by atoms with E-state index in [1.807, 2.05) is 18.7 Å². The summed E-state index contributed by atoms with van der Waals surface area (Å²) in [5.74, 6) is 3.13. The predicted molar refractivity (Wildman–Crippen MR) is 50.2 cm³/mol. The fourth-order valence-electron chi connectivity index (χ4n) is 0.859. The number of esters is 1. The highest BCUT2D eigenvalue weighted by molar-refractivity contribution is 8.07. The third kappa shape index (κ3) is 2.95. The van der Waals surface area contributed by atoms with Gasteiger partial charge in [0.05, 0.1) is 6.61 Å². The van der Waals surface area contributed by atoms with E-state index in [4.69, 9.17) is 4.74 Å². The van der Waals surface area contributed by atoms with E-state index in [2.05, 4.69) is 0 Å². The van der Waals surface area contributed by atoms with Crippen LogP contribution in [0.15, 0.2) is 0 Å². The van der Waals surface area contributed by atoms with Crippen LogP contribution in [0.2, 0.25) is 0 Å². The largest absolute Gasteiger partial charge is 0.465 e. The summed E-state index contributed by atoms with van der Waals surface area (Å²) in [5, 5.41) is 0.0914. The van der Waals surface area contributed by atoms with Crippen molar-refractivity contribution in [1.29, 1.82) is 0 Å². The van der Waals surface area contributed by atoms with Crippen LogP contribution in [-0.2, 0) is 9.53 Å². The number of thioether (sulfide) groups is 2. The van der Waals surface area contributed by atoms with Gasteiger partial charge in [-0.05, 0) is 6.92 Å². The SMILES string of the molecule is CCOC(=O)C1CSCCS1. The van der Waals surface area contributed by atoms with E-state index in [1.54, 1.807) is 11.8 Å². The number of rotatable bonds is 2. The second kappa shape index (κ2) is 4.93. The van der Waals surface area contributed by atoms with Gasteiger partial charge in [-0.3, -0.25) is 4.79 Å². The lowest BCUT2D eigenvalue weighted by Gasteiger charge is -2.18. The van der Waals surface area contributed by atoms with E-state index >= 15 is 0 Å². The molecule has 64 valence electrons. The zero-order valence-electron chi connectivity index (χ0n) is 6.54. The van der Waals surface area contributed by atoms with Crippen LogP contribution < -0.4 is 0 Å². The van der Waals surface area contributed by atoms with Gasteiger partial charge in [0.25, 0.3) is 0 Å². The first-order valence-electron chi connectivity index (χ1n) is 3.70. The molecule has 1 heterocycles. The van der Waals surface area contributed by atoms with Gasteiger partial charge in [-0.2, -0.15) is 11.8 Å². The molecule has 1 unspecified atom stereocenters. The monoisotopic (exact) mass is 192 g/mol. The molecule has 11 heavy (non-hydrogen) atoms. The van der Waals surface area contributed by atoms with Gasteiger partial charge in [-0.1, -0.05) is 0 Å². The first-order chi connectivity index (χ1) is 5.34. The molecule has 0 spiro atoms. The minimum absolute atomic E-state index is 0.0373. The van der Waals surface area contributed by atoms with Gasteiger partial charge in [0.15, 0.2) is 0 Å². The first-order valence-corrected chi connectivity index (χ1v) is 5.91. The van der Waals surface area contributed by atoms with E-state index in [-0.39, 0.29) is 11.2 Å². The standard InChI is InChI=1S/C7H12O2S2/c1-2-9-7(8)6-5-10-3-4-11-6/h6H,2-5H2,1H3. The lowest BCUT2D eigenvalue weighted by Crippen LogP contribution is -2.26. The Morgan fingerprint density at radius 2 is 2.45 bits per heavy atom. The van der Waals surface area contributed by atoms with Crippen LogP contribution in [0, 0.1) is 0 Å². The highest BCUT2D eigenvalue weighted by atomic mass is 32.2. The molecule has 1 aliphatic rings. The van der Waals surface area contributed by atoms with Crippen molar-refractivity contribution >= 4 is 29.5 Å². The van der Waals surface area contributed by atoms with Gasteiger partial charge in [0, 0.05) is 17.3 Å². The lowest BCUT2D eigenvalue weighted by molar-refractivity contribution is -0.141. The highest BCUT2D eigenvalue weighted by Crippen LogP contribution is 2.24. The molecular formula is C7H12O2S2. The second-order valence-electron chi connectivity index (χ2n) is 2.19. The predicted octanol–water partition coefficient (Wildman–Crippen LogP) is 1.40. The Morgan fingerprint density at radius 1 is 1.64 bits per heavy atom. The molecule has 1 atom stereocenters. The molecule has 0 aromatic rings. The Bertz CT molecular complexity index is 132. The third-order valence-electron chi connectivity index (χ3n) is 1.37. The summed E-state index contributed by atoms with van der Waals surface area (Å²) in [4.78, 5) is 11.1. The van der Waals surface area contributed by atoms with Crippen molar-refractivity contribution in [3.05, 3.63) is 0 Å². The average molecular weight is 192 g/mol. The molecule has 0 aromatic heterocycles. The molecule has 0 amide bonds. The Morgan fingerprint density at radius 3 is 3.00 bits per heavy atom. The van der Waals surface area contributed by atoms with Crippen molar-refractivity contribution in [1.82, 2.24) is 0 Å². The van der Waals surface area contributed by atoms with Gasteiger partial charge in [-0.25, -0.2) is 0 Å². The van der Waals surface area contributed by atoms with Crippen LogP contribution in [0.1, 0.15) is 6.92 Å². The molecule has 1 fully saturated rings. The van der Waals surface area contributed by atoms with Crippen LogP contribution in [-0.4, -0.2) is 35.1 Å². The summed E-state index contributed by atoms with van der Waals surface area (Å²) < 4.78 is 4.91. The van der Waals surface area contributed by atoms with Crippen molar-refractivity contribution in [2.75, 3.05) is 23.9 Å². The number of hydrogen-bond acceptors (Lipinski definition) is 4. The fourth-order valence-corrected chi connectivity index (χ4v) is 3.39. The average Bonchev–Trinajstić information content (AvgIpc) is 2.07. The molecule has 2 nitrogen and oxygen atoms in total. The van der Waals surface area contributed by atoms with Crippen LogP contribution in [0.3, 0.4) is 0 Å².